The maximum Gasteiger partial charge on any atom is 0.343 e. The van der Waals surface area contributed by atoms with E-state index in [0.717, 1.165) is 0 Å². The van der Waals surface area contributed by atoms with E-state index in [4.69, 9.17) is 20.3 Å². The molecule has 5 N–H and O–H groups in total. The highest BCUT2D eigenvalue weighted by Gasteiger charge is 2.49. The smallest absolute Gasteiger partial charge is 0.343 e. The fourth-order valence-electron chi connectivity index (χ4n) is 1.90. The van der Waals surface area contributed by atoms with Gasteiger partial charge in [-0.2, -0.15) is 0 Å². The van der Waals surface area contributed by atoms with Gasteiger partial charge in [-0.25, -0.2) is 9.59 Å². The SMILES string of the molecule is NC12CC(CO)C=C1OC(=O)C(O)C(O)C(=O)O2. The zero-order valence-corrected chi connectivity index (χ0v) is 9.28. The molecule has 8 nitrogen and oxygen atoms in total. The van der Waals surface area contributed by atoms with Gasteiger partial charge in [-0.05, 0) is 6.08 Å². The first-order valence-electron chi connectivity index (χ1n) is 5.30. The summed E-state index contributed by atoms with van der Waals surface area (Å²) in [5.41, 5.74) is 4.06. The van der Waals surface area contributed by atoms with Crippen molar-refractivity contribution in [3.8, 4) is 0 Å². The van der Waals surface area contributed by atoms with Crippen LogP contribution in [0.3, 0.4) is 0 Å². The molecular weight excluding hydrogens is 246 g/mol. The van der Waals surface area contributed by atoms with Crippen LogP contribution in [0.5, 0.6) is 0 Å². The van der Waals surface area contributed by atoms with E-state index in [1.54, 1.807) is 0 Å². The van der Waals surface area contributed by atoms with Gasteiger partial charge in [-0.1, -0.05) is 0 Å². The van der Waals surface area contributed by atoms with Gasteiger partial charge in [-0.15, -0.1) is 0 Å². The summed E-state index contributed by atoms with van der Waals surface area (Å²) < 4.78 is 9.62. The number of ether oxygens (including phenoxy) is 2. The molecule has 0 bridgehead atoms. The Balaban J connectivity index is 2.33. The molecule has 0 aromatic carbocycles. The van der Waals surface area contributed by atoms with Crippen LogP contribution in [0.25, 0.3) is 0 Å². The first kappa shape index (κ1) is 13.0. The fourth-order valence-corrected chi connectivity index (χ4v) is 1.90. The van der Waals surface area contributed by atoms with Crippen LogP contribution in [0.2, 0.25) is 0 Å². The van der Waals surface area contributed by atoms with Gasteiger partial charge < -0.3 is 24.8 Å². The molecule has 0 aromatic rings. The lowest BCUT2D eigenvalue weighted by molar-refractivity contribution is -0.191. The minimum Gasteiger partial charge on any atom is -0.434 e. The molecule has 0 amide bonds. The third-order valence-corrected chi connectivity index (χ3v) is 2.88. The molecule has 4 atom stereocenters. The minimum absolute atomic E-state index is 0.0284. The van der Waals surface area contributed by atoms with Crippen LogP contribution >= 0.6 is 0 Å². The number of nitrogens with two attached hydrogens (primary N) is 1. The molecular formula is C10H13NO7. The Kier molecular flexibility index (Phi) is 3.11. The fraction of sp³-hybridized carbons (Fsp3) is 0.600. The second-order valence-electron chi connectivity index (χ2n) is 4.30. The van der Waals surface area contributed by atoms with Crippen molar-refractivity contribution in [3.05, 3.63) is 11.8 Å². The van der Waals surface area contributed by atoms with Crippen LogP contribution < -0.4 is 5.73 Å². The number of carbonyl (C=O) groups is 2. The van der Waals surface area contributed by atoms with Crippen molar-refractivity contribution in [2.24, 2.45) is 11.7 Å². The number of carbonyl (C=O) groups excluding carboxylic acids is 2. The van der Waals surface area contributed by atoms with Gasteiger partial charge in [0.2, 0.25) is 5.72 Å². The number of hydrogen-bond donors (Lipinski definition) is 4. The van der Waals surface area contributed by atoms with Gasteiger partial charge in [0.25, 0.3) is 0 Å². The lowest BCUT2D eigenvalue weighted by Gasteiger charge is -2.31. The molecule has 1 saturated heterocycles. The number of aliphatic hydroxyl groups is 3. The molecule has 4 unspecified atom stereocenters. The maximum atomic E-state index is 11.5. The van der Waals surface area contributed by atoms with Crippen molar-refractivity contribution in [2.45, 2.75) is 24.4 Å². The quantitative estimate of drug-likeness (QED) is 0.375. The van der Waals surface area contributed by atoms with Crippen molar-refractivity contribution in [3.63, 3.8) is 0 Å². The summed E-state index contributed by atoms with van der Waals surface area (Å²) in [5, 5.41) is 27.7. The normalized spacial score (nSPS) is 40.2. The molecule has 8 heteroatoms. The number of rotatable bonds is 1. The summed E-state index contributed by atoms with van der Waals surface area (Å²) in [4.78, 5) is 22.9. The molecule has 0 spiro atoms. The maximum absolute atomic E-state index is 11.5. The van der Waals surface area contributed by atoms with Crippen LogP contribution in [0, 0.1) is 5.92 Å². The highest BCUT2D eigenvalue weighted by atomic mass is 16.6. The van der Waals surface area contributed by atoms with Crippen LogP contribution in [0.1, 0.15) is 6.42 Å². The number of fused-ring (bicyclic) bond motifs is 1. The first-order valence-corrected chi connectivity index (χ1v) is 5.30. The zero-order valence-electron chi connectivity index (χ0n) is 9.28. The van der Waals surface area contributed by atoms with Crippen molar-refractivity contribution < 1.29 is 34.4 Å². The highest BCUT2D eigenvalue weighted by molar-refractivity contribution is 5.87. The molecule has 18 heavy (non-hydrogen) atoms. The molecule has 1 heterocycles. The van der Waals surface area contributed by atoms with Crippen LogP contribution in [0.15, 0.2) is 11.8 Å². The molecule has 2 aliphatic rings. The summed E-state index contributed by atoms with van der Waals surface area (Å²) >= 11 is 0. The molecule has 0 saturated carbocycles. The van der Waals surface area contributed by atoms with E-state index in [1.165, 1.54) is 6.08 Å². The van der Waals surface area contributed by atoms with Gasteiger partial charge in [0.1, 0.15) is 0 Å². The van der Waals surface area contributed by atoms with Gasteiger partial charge in [-0.3, -0.25) is 5.73 Å². The standard InChI is InChI=1S/C10H13NO7/c11-10-2-4(3-12)1-5(10)17-8(15)6(13)7(14)9(16)18-10/h1,4,6-7,12-14H,2-3,11H2. The summed E-state index contributed by atoms with van der Waals surface area (Å²) in [6.07, 6.45) is -2.69. The van der Waals surface area contributed by atoms with Gasteiger partial charge in [0, 0.05) is 18.9 Å². The number of aliphatic hydroxyl groups excluding tert-OH is 3. The monoisotopic (exact) mass is 259 g/mol. The third-order valence-electron chi connectivity index (χ3n) is 2.88. The van der Waals surface area contributed by atoms with Crippen molar-refractivity contribution >= 4 is 11.9 Å². The van der Waals surface area contributed by atoms with Crippen molar-refractivity contribution in [2.75, 3.05) is 6.61 Å². The Labute approximate surface area is 102 Å². The molecule has 0 radical (unpaired) electrons. The second kappa shape index (κ2) is 4.32. The van der Waals surface area contributed by atoms with Crippen LogP contribution in [-0.2, 0) is 19.1 Å². The van der Waals surface area contributed by atoms with Crippen LogP contribution in [-0.4, -0.2) is 51.8 Å². The van der Waals surface area contributed by atoms with E-state index < -0.39 is 35.8 Å². The second-order valence-corrected chi connectivity index (χ2v) is 4.30. The zero-order chi connectivity index (χ0) is 13.5. The summed E-state index contributed by atoms with van der Waals surface area (Å²) in [7, 11) is 0. The van der Waals surface area contributed by atoms with Crippen molar-refractivity contribution in [1.82, 2.24) is 0 Å². The first-order chi connectivity index (χ1) is 8.37. The lowest BCUT2D eigenvalue weighted by Crippen LogP contribution is -2.54. The van der Waals surface area contributed by atoms with E-state index in [2.05, 4.69) is 0 Å². The Bertz CT molecular complexity index is 420. The molecule has 2 rings (SSSR count). The molecule has 1 fully saturated rings. The molecule has 1 aliphatic carbocycles. The summed E-state index contributed by atoms with van der Waals surface area (Å²) in [6, 6.07) is 0. The number of hydrogen-bond acceptors (Lipinski definition) is 8. The van der Waals surface area contributed by atoms with Crippen molar-refractivity contribution in [1.29, 1.82) is 0 Å². The Hall–Kier alpha value is -1.48. The molecule has 0 aromatic heterocycles. The summed E-state index contributed by atoms with van der Waals surface area (Å²) in [6.45, 7) is -0.261. The average molecular weight is 259 g/mol. The van der Waals surface area contributed by atoms with E-state index >= 15 is 0 Å². The predicted molar refractivity (Wildman–Crippen MR) is 54.4 cm³/mol. The lowest BCUT2D eigenvalue weighted by atomic mass is 10.1. The van der Waals surface area contributed by atoms with Gasteiger partial charge in [0.15, 0.2) is 18.0 Å². The number of esters is 2. The largest absolute Gasteiger partial charge is 0.434 e. The summed E-state index contributed by atoms with van der Waals surface area (Å²) in [5.74, 6) is -2.99. The van der Waals surface area contributed by atoms with E-state index in [9.17, 15) is 19.8 Å². The van der Waals surface area contributed by atoms with E-state index in [1.807, 2.05) is 0 Å². The van der Waals surface area contributed by atoms with E-state index in [-0.39, 0.29) is 18.8 Å². The average Bonchev–Trinajstić information content (AvgIpc) is 2.62. The van der Waals surface area contributed by atoms with Crippen LogP contribution in [0.4, 0.5) is 0 Å². The Morgan fingerprint density at radius 2 is 1.94 bits per heavy atom. The predicted octanol–water partition coefficient (Wildman–Crippen LogP) is -2.64. The minimum atomic E-state index is -2.05. The van der Waals surface area contributed by atoms with Gasteiger partial charge in [0.05, 0.1) is 0 Å². The third kappa shape index (κ3) is 1.99. The molecule has 100 valence electrons. The van der Waals surface area contributed by atoms with Gasteiger partial charge >= 0.3 is 11.9 Å². The molecule has 1 aliphatic heterocycles. The Morgan fingerprint density at radius 1 is 1.33 bits per heavy atom. The topological polar surface area (TPSA) is 139 Å². The van der Waals surface area contributed by atoms with E-state index in [0.29, 0.717) is 0 Å². The Morgan fingerprint density at radius 3 is 2.56 bits per heavy atom. The highest BCUT2D eigenvalue weighted by Crippen LogP contribution is 2.35.